The average Bonchev–Trinajstić information content (AvgIpc) is 3.32. The van der Waals surface area contributed by atoms with Crippen molar-refractivity contribution < 1.29 is 32.7 Å². The Hall–Kier alpha value is -3.93. The normalized spacial score (nSPS) is 12.9. The number of carbonyl (C=O) groups is 3. The molecule has 36 heavy (non-hydrogen) atoms. The number of halogens is 3. The first-order valence-electron chi connectivity index (χ1n) is 10.8. The first-order valence-corrected chi connectivity index (χ1v) is 11.7. The number of thiazole rings is 1. The number of nitrogens with one attached hydrogen (secondary N) is 3. The quantitative estimate of drug-likeness (QED) is 0.304. The molecule has 0 aliphatic carbocycles. The molecule has 3 rings (SSSR count). The number of hydrogen-bond acceptors (Lipinski definition) is 5. The lowest BCUT2D eigenvalue weighted by atomic mass is 9.99. The van der Waals surface area contributed by atoms with E-state index in [0.717, 1.165) is 35.6 Å². The Labute approximate surface area is 208 Å². The smallest absolute Gasteiger partial charge is 0.416 e. The minimum atomic E-state index is -4.46. The fraction of sp³-hybridized carbons (Fsp3) is 0.250. The summed E-state index contributed by atoms with van der Waals surface area (Å²) in [5, 5.41) is 18.7. The zero-order valence-corrected chi connectivity index (χ0v) is 20.0. The fourth-order valence-corrected chi connectivity index (χ4v) is 3.89. The fourth-order valence-electron chi connectivity index (χ4n) is 3.16. The van der Waals surface area contributed by atoms with Gasteiger partial charge in [-0.25, -0.2) is 14.6 Å². The molecule has 190 valence electrons. The van der Waals surface area contributed by atoms with E-state index in [0.29, 0.717) is 23.4 Å². The summed E-state index contributed by atoms with van der Waals surface area (Å²) in [5.41, 5.74) is 0.971. The molecule has 0 fully saturated rings. The Kier molecular flexibility index (Phi) is 8.30. The SMILES string of the molecule is CCC(C)C(NC(=O)c1nc(-c2ccc(NC(=O)Nc3ccc(C(F)(F)F)cc3)cc2)cs1)C(=O)O. The van der Waals surface area contributed by atoms with Gasteiger partial charge in [0.25, 0.3) is 5.91 Å². The molecule has 0 spiro atoms. The first kappa shape index (κ1) is 26.7. The zero-order chi connectivity index (χ0) is 26.5. The summed E-state index contributed by atoms with van der Waals surface area (Å²) in [7, 11) is 0. The van der Waals surface area contributed by atoms with E-state index in [2.05, 4.69) is 20.9 Å². The number of benzene rings is 2. The number of aliphatic carboxylic acids is 1. The van der Waals surface area contributed by atoms with Crippen LogP contribution in [0.4, 0.5) is 29.3 Å². The molecule has 0 aliphatic rings. The van der Waals surface area contributed by atoms with Gasteiger partial charge < -0.3 is 21.1 Å². The zero-order valence-electron chi connectivity index (χ0n) is 19.2. The number of carboxylic acid groups (broad SMARTS) is 1. The number of urea groups is 1. The Bertz CT molecular complexity index is 1230. The lowest BCUT2D eigenvalue weighted by Gasteiger charge is -2.19. The number of anilines is 2. The van der Waals surface area contributed by atoms with Crippen molar-refractivity contribution in [2.45, 2.75) is 32.5 Å². The Morgan fingerprint density at radius 1 is 1.00 bits per heavy atom. The van der Waals surface area contributed by atoms with Crippen LogP contribution in [-0.2, 0) is 11.0 Å². The second-order valence-corrected chi connectivity index (χ2v) is 8.80. The summed E-state index contributed by atoms with van der Waals surface area (Å²) in [6, 6.07) is 8.95. The molecule has 1 heterocycles. The summed E-state index contributed by atoms with van der Waals surface area (Å²) in [6.07, 6.45) is -3.87. The maximum absolute atomic E-state index is 12.6. The maximum Gasteiger partial charge on any atom is 0.416 e. The van der Waals surface area contributed by atoms with E-state index in [1.165, 1.54) is 0 Å². The minimum Gasteiger partial charge on any atom is -0.480 e. The molecule has 2 atom stereocenters. The average molecular weight is 521 g/mol. The predicted octanol–water partition coefficient (Wildman–Crippen LogP) is 5.70. The second kappa shape index (κ2) is 11.2. The standard InChI is InChI=1S/C24H23F3N4O4S/c1-3-13(2)19(22(33)34)31-20(32)21-30-18(12-36-21)14-4-8-16(9-5-14)28-23(35)29-17-10-6-15(7-11-17)24(25,26)27/h4-13,19H,3H2,1-2H3,(H,31,32)(H,33,34)(H2,28,29,35). The topological polar surface area (TPSA) is 120 Å². The van der Waals surface area contributed by atoms with Crippen molar-refractivity contribution in [1.29, 1.82) is 0 Å². The number of nitrogens with zero attached hydrogens (tertiary/aromatic N) is 1. The third kappa shape index (κ3) is 6.81. The van der Waals surface area contributed by atoms with Crippen molar-refractivity contribution in [3.63, 3.8) is 0 Å². The largest absolute Gasteiger partial charge is 0.480 e. The van der Waals surface area contributed by atoms with E-state index >= 15 is 0 Å². The Balaban J connectivity index is 1.60. The van der Waals surface area contributed by atoms with Gasteiger partial charge in [-0.05, 0) is 42.3 Å². The molecule has 0 bridgehead atoms. The van der Waals surface area contributed by atoms with Crippen molar-refractivity contribution in [2.75, 3.05) is 10.6 Å². The molecule has 1 aromatic heterocycles. The van der Waals surface area contributed by atoms with Crippen LogP contribution in [0.25, 0.3) is 11.3 Å². The summed E-state index contributed by atoms with van der Waals surface area (Å²) in [5.74, 6) is -1.93. The van der Waals surface area contributed by atoms with Crippen LogP contribution in [-0.4, -0.2) is 34.0 Å². The van der Waals surface area contributed by atoms with Crippen LogP contribution in [0, 0.1) is 5.92 Å². The third-order valence-corrected chi connectivity index (χ3v) is 6.21. The number of rotatable bonds is 8. The van der Waals surface area contributed by atoms with Crippen LogP contribution in [0.15, 0.2) is 53.9 Å². The van der Waals surface area contributed by atoms with Gasteiger partial charge in [0.05, 0.1) is 11.3 Å². The van der Waals surface area contributed by atoms with E-state index in [9.17, 15) is 32.7 Å². The lowest BCUT2D eigenvalue weighted by Crippen LogP contribution is -2.45. The third-order valence-electron chi connectivity index (χ3n) is 5.37. The number of carboxylic acids is 1. The summed E-state index contributed by atoms with van der Waals surface area (Å²) in [4.78, 5) is 40.4. The van der Waals surface area contributed by atoms with E-state index in [-0.39, 0.29) is 16.6 Å². The predicted molar refractivity (Wildman–Crippen MR) is 130 cm³/mol. The van der Waals surface area contributed by atoms with Crippen LogP contribution in [0.3, 0.4) is 0 Å². The van der Waals surface area contributed by atoms with Gasteiger partial charge in [-0.2, -0.15) is 13.2 Å². The second-order valence-electron chi connectivity index (χ2n) is 7.94. The molecule has 3 amide bonds. The van der Waals surface area contributed by atoms with Crippen molar-refractivity contribution in [3.8, 4) is 11.3 Å². The summed E-state index contributed by atoms with van der Waals surface area (Å²) < 4.78 is 37.9. The molecule has 8 nitrogen and oxygen atoms in total. The summed E-state index contributed by atoms with van der Waals surface area (Å²) >= 11 is 1.08. The van der Waals surface area contributed by atoms with E-state index in [1.807, 2.05) is 6.92 Å². The highest BCUT2D eigenvalue weighted by Gasteiger charge is 2.30. The van der Waals surface area contributed by atoms with Crippen molar-refractivity contribution in [3.05, 3.63) is 64.5 Å². The number of aromatic nitrogens is 1. The number of hydrogen-bond donors (Lipinski definition) is 4. The van der Waals surface area contributed by atoms with Gasteiger partial charge in [-0.15, -0.1) is 11.3 Å². The molecular formula is C24H23F3N4O4S. The molecule has 12 heteroatoms. The molecule has 0 saturated carbocycles. The molecule has 4 N–H and O–H groups in total. The van der Waals surface area contributed by atoms with Gasteiger partial charge in [-0.1, -0.05) is 32.4 Å². The van der Waals surface area contributed by atoms with Crippen molar-refractivity contribution in [2.24, 2.45) is 5.92 Å². The van der Waals surface area contributed by atoms with Gasteiger partial charge in [0.2, 0.25) is 0 Å². The highest BCUT2D eigenvalue weighted by molar-refractivity contribution is 7.12. The molecular weight excluding hydrogens is 497 g/mol. The minimum absolute atomic E-state index is 0.123. The molecule has 2 aromatic carbocycles. The molecule has 2 unspecified atom stereocenters. The van der Waals surface area contributed by atoms with Gasteiger partial charge in [0.15, 0.2) is 5.01 Å². The number of amides is 3. The van der Waals surface area contributed by atoms with Crippen LogP contribution in [0.2, 0.25) is 0 Å². The van der Waals surface area contributed by atoms with Crippen molar-refractivity contribution >= 4 is 40.6 Å². The highest BCUT2D eigenvalue weighted by Crippen LogP contribution is 2.30. The monoisotopic (exact) mass is 520 g/mol. The molecule has 3 aromatic rings. The number of alkyl halides is 3. The Morgan fingerprint density at radius 3 is 2.06 bits per heavy atom. The highest BCUT2D eigenvalue weighted by atomic mass is 32.1. The van der Waals surface area contributed by atoms with E-state index in [4.69, 9.17) is 0 Å². The van der Waals surface area contributed by atoms with Gasteiger partial charge >= 0.3 is 18.2 Å². The van der Waals surface area contributed by atoms with Crippen molar-refractivity contribution in [1.82, 2.24) is 10.3 Å². The molecule has 0 saturated heterocycles. The van der Waals surface area contributed by atoms with E-state index in [1.54, 1.807) is 36.6 Å². The van der Waals surface area contributed by atoms with Crippen LogP contribution in [0.1, 0.15) is 35.6 Å². The van der Waals surface area contributed by atoms with E-state index < -0.39 is 35.7 Å². The molecule has 0 aliphatic heterocycles. The summed E-state index contributed by atoms with van der Waals surface area (Å²) in [6.45, 7) is 3.58. The maximum atomic E-state index is 12.6. The van der Waals surface area contributed by atoms with Gasteiger partial charge in [-0.3, -0.25) is 4.79 Å². The molecule has 0 radical (unpaired) electrons. The lowest BCUT2D eigenvalue weighted by molar-refractivity contribution is -0.140. The van der Waals surface area contributed by atoms with Crippen LogP contribution >= 0.6 is 11.3 Å². The van der Waals surface area contributed by atoms with Crippen LogP contribution in [0.5, 0.6) is 0 Å². The number of carbonyl (C=O) groups excluding carboxylic acids is 2. The van der Waals surface area contributed by atoms with Crippen LogP contribution < -0.4 is 16.0 Å². The van der Waals surface area contributed by atoms with Gasteiger partial charge in [0, 0.05) is 22.3 Å². The first-order chi connectivity index (χ1) is 17.0. The van der Waals surface area contributed by atoms with Gasteiger partial charge in [0.1, 0.15) is 6.04 Å². The Morgan fingerprint density at radius 2 is 1.56 bits per heavy atom.